The molecule has 58 valence electrons. The molecule has 0 saturated heterocycles. The molecule has 0 aliphatic heterocycles. The zero-order valence-electron chi connectivity index (χ0n) is 5.14. The standard InChI is InChI=1S/C6H2Br2ClNO/c7-4-1-3(9)2-5(8)6(4)10-11/h1-2H. The number of nitroso groups, excluding NO2 is 1. The summed E-state index contributed by atoms with van der Waals surface area (Å²) >= 11 is 12.0. The SMILES string of the molecule is O=Nc1c(Br)cc(Cl)cc1Br. The maximum Gasteiger partial charge on any atom is 0.136 e. The fraction of sp³-hybridized carbons (Fsp3) is 0. The van der Waals surface area contributed by atoms with E-state index in [4.69, 9.17) is 11.6 Å². The fourth-order valence-corrected chi connectivity index (χ4v) is 2.43. The Labute approximate surface area is 85.2 Å². The summed E-state index contributed by atoms with van der Waals surface area (Å²) in [6.07, 6.45) is 0. The minimum absolute atomic E-state index is 0.328. The lowest BCUT2D eigenvalue weighted by molar-refractivity contribution is 1.44. The van der Waals surface area contributed by atoms with Crippen LogP contribution in [0.2, 0.25) is 5.02 Å². The number of halogens is 3. The van der Waals surface area contributed by atoms with Crippen molar-refractivity contribution in [3.05, 3.63) is 31.0 Å². The van der Waals surface area contributed by atoms with Crippen molar-refractivity contribution in [2.24, 2.45) is 5.18 Å². The van der Waals surface area contributed by atoms with Gasteiger partial charge >= 0.3 is 0 Å². The van der Waals surface area contributed by atoms with Crippen molar-refractivity contribution in [3.63, 3.8) is 0 Å². The summed E-state index contributed by atoms with van der Waals surface area (Å²) in [6, 6.07) is 3.23. The molecule has 5 heteroatoms. The van der Waals surface area contributed by atoms with E-state index in [-0.39, 0.29) is 0 Å². The van der Waals surface area contributed by atoms with Gasteiger partial charge in [-0.3, -0.25) is 0 Å². The van der Waals surface area contributed by atoms with Crippen molar-refractivity contribution in [2.75, 3.05) is 0 Å². The van der Waals surface area contributed by atoms with E-state index in [9.17, 15) is 4.91 Å². The second kappa shape index (κ2) is 3.65. The molecule has 0 unspecified atom stereocenters. The number of rotatable bonds is 1. The van der Waals surface area contributed by atoms with Crippen LogP contribution >= 0.6 is 43.5 Å². The van der Waals surface area contributed by atoms with Gasteiger partial charge in [-0.05, 0) is 49.2 Å². The third kappa shape index (κ3) is 2.01. The normalized spacial score (nSPS) is 9.73. The molecule has 0 aliphatic rings. The lowest BCUT2D eigenvalue weighted by atomic mass is 10.3. The predicted molar refractivity (Wildman–Crippen MR) is 52.3 cm³/mol. The zero-order valence-corrected chi connectivity index (χ0v) is 9.07. The quantitative estimate of drug-likeness (QED) is 0.712. The maximum atomic E-state index is 10.2. The monoisotopic (exact) mass is 297 g/mol. The zero-order chi connectivity index (χ0) is 8.43. The molecule has 1 rings (SSSR count). The van der Waals surface area contributed by atoms with Crippen LogP contribution in [0.3, 0.4) is 0 Å². The molecule has 0 aromatic heterocycles. The minimum Gasteiger partial charge on any atom is -0.145 e. The van der Waals surface area contributed by atoms with E-state index >= 15 is 0 Å². The van der Waals surface area contributed by atoms with Gasteiger partial charge in [-0.2, -0.15) is 0 Å². The molecule has 0 amide bonds. The number of hydrogen-bond acceptors (Lipinski definition) is 2. The van der Waals surface area contributed by atoms with Crippen LogP contribution in [0.5, 0.6) is 0 Å². The number of benzene rings is 1. The molecule has 0 heterocycles. The predicted octanol–water partition coefficient (Wildman–Crippen LogP) is 4.26. The highest BCUT2D eigenvalue weighted by molar-refractivity contribution is 9.11. The second-order valence-corrected chi connectivity index (χ2v) is 3.95. The first-order valence-corrected chi connectivity index (χ1v) is 4.59. The first-order chi connectivity index (χ1) is 5.15. The van der Waals surface area contributed by atoms with Gasteiger partial charge < -0.3 is 0 Å². The van der Waals surface area contributed by atoms with Crippen LogP contribution in [-0.2, 0) is 0 Å². The third-order valence-corrected chi connectivity index (χ3v) is 2.50. The Kier molecular flexibility index (Phi) is 3.04. The largest absolute Gasteiger partial charge is 0.145 e. The highest BCUT2D eigenvalue weighted by Gasteiger charge is 2.06. The van der Waals surface area contributed by atoms with Gasteiger partial charge in [0, 0.05) is 14.0 Å². The Morgan fingerprint density at radius 3 is 2.09 bits per heavy atom. The highest BCUT2D eigenvalue weighted by Crippen LogP contribution is 2.35. The van der Waals surface area contributed by atoms with Gasteiger partial charge in [0.15, 0.2) is 0 Å². The van der Waals surface area contributed by atoms with Crippen molar-refractivity contribution >= 4 is 49.1 Å². The molecule has 0 N–H and O–H groups in total. The first-order valence-electron chi connectivity index (χ1n) is 2.63. The van der Waals surface area contributed by atoms with Crippen molar-refractivity contribution in [2.45, 2.75) is 0 Å². The van der Waals surface area contributed by atoms with Gasteiger partial charge in [-0.15, -0.1) is 4.91 Å². The summed E-state index contributed by atoms with van der Waals surface area (Å²) in [5, 5.41) is 3.36. The molecular formula is C6H2Br2ClNO. The second-order valence-electron chi connectivity index (χ2n) is 1.81. The molecule has 2 nitrogen and oxygen atoms in total. The molecule has 0 radical (unpaired) electrons. The smallest absolute Gasteiger partial charge is 0.136 e. The number of nitrogens with zero attached hydrogens (tertiary/aromatic N) is 1. The van der Waals surface area contributed by atoms with Gasteiger partial charge in [-0.25, -0.2) is 0 Å². The van der Waals surface area contributed by atoms with Crippen molar-refractivity contribution < 1.29 is 0 Å². The molecule has 0 bridgehead atoms. The molecule has 1 aromatic carbocycles. The van der Waals surface area contributed by atoms with E-state index in [1.165, 1.54) is 0 Å². The average molecular weight is 299 g/mol. The topological polar surface area (TPSA) is 29.4 Å². The van der Waals surface area contributed by atoms with Gasteiger partial charge in [-0.1, -0.05) is 11.6 Å². The summed E-state index contributed by atoms with van der Waals surface area (Å²) in [6.45, 7) is 0. The molecule has 0 spiro atoms. The van der Waals surface area contributed by atoms with Crippen LogP contribution in [0.25, 0.3) is 0 Å². The average Bonchev–Trinajstić information content (AvgIpc) is 1.85. The van der Waals surface area contributed by atoms with Crippen LogP contribution in [0.15, 0.2) is 26.3 Å². The van der Waals surface area contributed by atoms with E-state index < -0.39 is 0 Å². The Bertz CT molecular complexity index is 280. The van der Waals surface area contributed by atoms with Gasteiger partial charge in [0.1, 0.15) is 5.69 Å². The molecule has 0 aliphatic carbocycles. The van der Waals surface area contributed by atoms with E-state index in [1.54, 1.807) is 12.1 Å². The van der Waals surface area contributed by atoms with Crippen LogP contribution in [0, 0.1) is 4.91 Å². The van der Waals surface area contributed by atoms with Crippen molar-refractivity contribution in [1.82, 2.24) is 0 Å². The van der Waals surface area contributed by atoms with E-state index in [0.717, 1.165) is 0 Å². The fourth-order valence-electron chi connectivity index (χ4n) is 0.622. The summed E-state index contributed by atoms with van der Waals surface area (Å²) in [5.74, 6) is 0. The summed E-state index contributed by atoms with van der Waals surface area (Å²) in [4.78, 5) is 10.2. The highest BCUT2D eigenvalue weighted by atomic mass is 79.9. The Morgan fingerprint density at radius 2 is 1.73 bits per heavy atom. The molecule has 0 saturated carbocycles. The van der Waals surface area contributed by atoms with Gasteiger partial charge in [0.25, 0.3) is 0 Å². The number of hydrogen-bond donors (Lipinski definition) is 0. The summed E-state index contributed by atoms with van der Waals surface area (Å²) in [5.41, 5.74) is 0.328. The van der Waals surface area contributed by atoms with Gasteiger partial charge in [0.05, 0.1) is 0 Å². The van der Waals surface area contributed by atoms with Crippen LogP contribution in [0.1, 0.15) is 0 Å². The minimum atomic E-state index is 0.328. The summed E-state index contributed by atoms with van der Waals surface area (Å²) < 4.78 is 1.18. The Hall–Kier alpha value is 0.0700. The molecule has 0 fully saturated rings. The molecule has 11 heavy (non-hydrogen) atoms. The lowest BCUT2D eigenvalue weighted by Crippen LogP contribution is -1.71. The van der Waals surface area contributed by atoms with E-state index in [1.807, 2.05) is 0 Å². The molecule has 0 atom stereocenters. The van der Waals surface area contributed by atoms with Crippen molar-refractivity contribution in [3.8, 4) is 0 Å². The van der Waals surface area contributed by atoms with E-state index in [2.05, 4.69) is 37.0 Å². The molecular weight excluding hydrogens is 297 g/mol. The Morgan fingerprint density at radius 1 is 1.27 bits per heavy atom. The van der Waals surface area contributed by atoms with Crippen LogP contribution in [0.4, 0.5) is 5.69 Å². The van der Waals surface area contributed by atoms with Gasteiger partial charge in [0.2, 0.25) is 0 Å². The maximum absolute atomic E-state index is 10.2. The third-order valence-electron chi connectivity index (χ3n) is 1.07. The van der Waals surface area contributed by atoms with Crippen LogP contribution in [-0.4, -0.2) is 0 Å². The lowest BCUT2D eigenvalue weighted by Gasteiger charge is -1.98. The van der Waals surface area contributed by atoms with E-state index in [0.29, 0.717) is 19.7 Å². The Balaban J connectivity index is 3.36. The first kappa shape index (κ1) is 9.16. The van der Waals surface area contributed by atoms with Crippen LogP contribution < -0.4 is 0 Å². The summed E-state index contributed by atoms with van der Waals surface area (Å²) in [7, 11) is 0. The molecule has 1 aromatic rings. The van der Waals surface area contributed by atoms with Crippen molar-refractivity contribution in [1.29, 1.82) is 0 Å².